The number of rotatable bonds is 4. The van der Waals surface area contributed by atoms with Crippen molar-refractivity contribution in [3.8, 4) is 11.4 Å². The first-order chi connectivity index (χ1) is 9.51. The molecule has 0 aliphatic rings. The van der Waals surface area contributed by atoms with Crippen LogP contribution in [0.4, 0.5) is 0 Å². The summed E-state index contributed by atoms with van der Waals surface area (Å²) in [5, 5.41) is 9.05. The number of nitrogens with zero attached hydrogens (tertiary/aromatic N) is 2. The molecule has 0 saturated carbocycles. The summed E-state index contributed by atoms with van der Waals surface area (Å²) in [5.41, 5.74) is 2.39. The molecule has 1 N–H and O–H groups in total. The summed E-state index contributed by atoms with van der Waals surface area (Å²) in [4.78, 5) is 19.4. The van der Waals surface area contributed by atoms with E-state index < -0.39 is 5.97 Å². The predicted octanol–water partition coefficient (Wildman–Crippen LogP) is 2.86. The van der Waals surface area contributed by atoms with Crippen molar-refractivity contribution in [1.82, 2.24) is 9.97 Å². The Hall–Kier alpha value is -2.27. The maximum Gasteiger partial charge on any atom is 0.354 e. The molecule has 0 aliphatic heterocycles. The lowest BCUT2D eigenvalue weighted by Gasteiger charge is -2.11. The minimum atomic E-state index is -1.06. The normalized spacial score (nSPS) is 12.2. The quantitative estimate of drug-likeness (QED) is 0.926. The van der Waals surface area contributed by atoms with Crippen molar-refractivity contribution in [2.75, 3.05) is 7.11 Å². The fourth-order valence-electron chi connectivity index (χ4n) is 1.87. The first kappa shape index (κ1) is 14.1. The number of benzene rings is 1. The molecular formula is C15H16N2O3. The Labute approximate surface area is 117 Å². The third kappa shape index (κ3) is 3.00. The second kappa shape index (κ2) is 5.79. The highest BCUT2D eigenvalue weighted by Crippen LogP contribution is 2.22. The molecule has 0 unspecified atom stereocenters. The second-order valence-corrected chi connectivity index (χ2v) is 4.53. The van der Waals surface area contributed by atoms with Crippen molar-refractivity contribution in [3.05, 3.63) is 47.3 Å². The zero-order chi connectivity index (χ0) is 14.7. The molecule has 0 amide bonds. The number of aromatic carboxylic acids is 1. The first-order valence-electron chi connectivity index (χ1n) is 6.23. The topological polar surface area (TPSA) is 72.3 Å². The van der Waals surface area contributed by atoms with Gasteiger partial charge in [-0.05, 0) is 31.5 Å². The number of hydrogen-bond donors (Lipinski definition) is 1. The lowest BCUT2D eigenvalue weighted by molar-refractivity contribution is 0.0690. The van der Waals surface area contributed by atoms with E-state index in [1.54, 1.807) is 14.0 Å². The van der Waals surface area contributed by atoms with Crippen molar-refractivity contribution in [2.24, 2.45) is 0 Å². The predicted molar refractivity (Wildman–Crippen MR) is 74.6 cm³/mol. The van der Waals surface area contributed by atoms with E-state index in [0.29, 0.717) is 11.5 Å². The summed E-state index contributed by atoms with van der Waals surface area (Å²) in [6.07, 6.45) is -0.0429. The van der Waals surface area contributed by atoms with Crippen LogP contribution in [-0.2, 0) is 4.74 Å². The molecular weight excluding hydrogens is 256 g/mol. The van der Waals surface area contributed by atoms with Crippen LogP contribution in [0.25, 0.3) is 11.4 Å². The number of carbonyl (C=O) groups is 1. The number of carboxylic acid groups (broad SMARTS) is 1. The molecule has 5 nitrogen and oxygen atoms in total. The van der Waals surface area contributed by atoms with Gasteiger partial charge in [-0.25, -0.2) is 14.8 Å². The molecule has 2 rings (SSSR count). The fraction of sp³-hybridized carbons (Fsp3) is 0.267. The van der Waals surface area contributed by atoms with E-state index in [1.165, 1.54) is 6.07 Å². The third-order valence-corrected chi connectivity index (χ3v) is 3.04. The lowest BCUT2D eigenvalue weighted by atomic mass is 10.1. The molecule has 0 radical (unpaired) electrons. The van der Waals surface area contributed by atoms with Crippen LogP contribution in [0.3, 0.4) is 0 Å². The molecule has 5 heteroatoms. The fourth-order valence-corrected chi connectivity index (χ4v) is 1.87. The van der Waals surface area contributed by atoms with Crippen molar-refractivity contribution >= 4 is 5.97 Å². The zero-order valence-corrected chi connectivity index (χ0v) is 11.6. The van der Waals surface area contributed by atoms with Crippen LogP contribution in [0, 0.1) is 6.92 Å². The average molecular weight is 272 g/mol. The number of aromatic nitrogens is 2. The maximum atomic E-state index is 11.0. The van der Waals surface area contributed by atoms with Crippen LogP contribution in [0.5, 0.6) is 0 Å². The van der Waals surface area contributed by atoms with Crippen LogP contribution in [0.2, 0.25) is 0 Å². The minimum Gasteiger partial charge on any atom is -0.477 e. The van der Waals surface area contributed by atoms with E-state index in [2.05, 4.69) is 9.97 Å². The van der Waals surface area contributed by atoms with E-state index in [4.69, 9.17) is 9.84 Å². The molecule has 20 heavy (non-hydrogen) atoms. The van der Waals surface area contributed by atoms with Crippen LogP contribution in [-0.4, -0.2) is 28.2 Å². The highest BCUT2D eigenvalue weighted by molar-refractivity contribution is 5.86. The SMILES string of the molecule is CO[C@H](C)c1cccc(-c2nc(C)cc(C(=O)O)n2)c1. The van der Waals surface area contributed by atoms with E-state index >= 15 is 0 Å². The van der Waals surface area contributed by atoms with Crippen LogP contribution >= 0.6 is 0 Å². The van der Waals surface area contributed by atoms with Gasteiger partial charge in [-0.1, -0.05) is 18.2 Å². The Morgan fingerprint density at radius 2 is 2.05 bits per heavy atom. The van der Waals surface area contributed by atoms with E-state index in [1.807, 2.05) is 31.2 Å². The summed E-state index contributed by atoms with van der Waals surface area (Å²) in [6, 6.07) is 9.05. The van der Waals surface area contributed by atoms with Crippen LogP contribution < -0.4 is 0 Å². The highest BCUT2D eigenvalue weighted by atomic mass is 16.5. The molecule has 1 aromatic carbocycles. The minimum absolute atomic E-state index is 0.00214. The van der Waals surface area contributed by atoms with E-state index in [0.717, 1.165) is 11.1 Å². The Bertz CT molecular complexity index is 641. The van der Waals surface area contributed by atoms with Gasteiger partial charge in [-0.2, -0.15) is 0 Å². The molecule has 104 valence electrons. The standard InChI is InChI=1S/C15H16N2O3/c1-9-7-13(15(18)19)17-14(16-9)12-6-4-5-11(8-12)10(2)20-3/h4-8,10H,1-3H3,(H,18,19)/t10-/m1/s1. The molecule has 1 aromatic heterocycles. The maximum absolute atomic E-state index is 11.0. The Morgan fingerprint density at radius 3 is 2.70 bits per heavy atom. The van der Waals surface area contributed by atoms with Crippen molar-refractivity contribution < 1.29 is 14.6 Å². The highest BCUT2D eigenvalue weighted by Gasteiger charge is 2.11. The van der Waals surface area contributed by atoms with Gasteiger partial charge in [0, 0.05) is 18.4 Å². The Kier molecular flexibility index (Phi) is 4.10. The molecule has 1 atom stereocenters. The average Bonchev–Trinajstić information content (AvgIpc) is 2.45. The number of hydrogen-bond acceptors (Lipinski definition) is 4. The summed E-state index contributed by atoms with van der Waals surface area (Å²) in [5.74, 6) is -0.647. The van der Waals surface area contributed by atoms with Gasteiger partial charge >= 0.3 is 5.97 Å². The van der Waals surface area contributed by atoms with E-state index in [9.17, 15) is 4.79 Å². The van der Waals surface area contributed by atoms with Gasteiger partial charge < -0.3 is 9.84 Å². The van der Waals surface area contributed by atoms with Gasteiger partial charge in [0.25, 0.3) is 0 Å². The monoisotopic (exact) mass is 272 g/mol. The number of carboxylic acids is 1. The number of ether oxygens (including phenoxy) is 1. The van der Waals surface area contributed by atoms with Crippen LogP contribution in [0.15, 0.2) is 30.3 Å². The molecule has 0 bridgehead atoms. The summed E-state index contributed by atoms with van der Waals surface area (Å²) >= 11 is 0. The van der Waals surface area contributed by atoms with Gasteiger partial charge in [-0.3, -0.25) is 0 Å². The lowest BCUT2D eigenvalue weighted by Crippen LogP contribution is -2.04. The molecule has 0 aliphatic carbocycles. The summed E-state index contributed by atoms with van der Waals surface area (Å²) in [6.45, 7) is 3.69. The molecule has 0 saturated heterocycles. The van der Waals surface area contributed by atoms with Crippen LogP contribution in [0.1, 0.15) is 34.8 Å². The smallest absolute Gasteiger partial charge is 0.354 e. The summed E-state index contributed by atoms with van der Waals surface area (Å²) in [7, 11) is 1.64. The zero-order valence-electron chi connectivity index (χ0n) is 11.6. The molecule has 1 heterocycles. The first-order valence-corrected chi connectivity index (χ1v) is 6.23. The Balaban J connectivity index is 2.48. The van der Waals surface area contributed by atoms with Gasteiger partial charge in [0.15, 0.2) is 11.5 Å². The number of aryl methyl sites for hydroxylation is 1. The molecule has 0 spiro atoms. The van der Waals surface area contributed by atoms with Gasteiger partial charge in [0.2, 0.25) is 0 Å². The van der Waals surface area contributed by atoms with Gasteiger partial charge in [-0.15, -0.1) is 0 Å². The molecule has 0 fully saturated rings. The largest absolute Gasteiger partial charge is 0.477 e. The molecule has 2 aromatic rings. The third-order valence-electron chi connectivity index (χ3n) is 3.04. The number of methoxy groups -OCH3 is 1. The van der Waals surface area contributed by atoms with Crippen molar-refractivity contribution in [1.29, 1.82) is 0 Å². The Morgan fingerprint density at radius 1 is 1.30 bits per heavy atom. The van der Waals surface area contributed by atoms with Gasteiger partial charge in [0.1, 0.15) is 0 Å². The second-order valence-electron chi connectivity index (χ2n) is 4.53. The van der Waals surface area contributed by atoms with Crippen molar-refractivity contribution in [2.45, 2.75) is 20.0 Å². The van der Waals surface area contributed by atoms with Gasteiger partial charge in [0.05, 0.1) is 6.10 Å². The van der Waals surface area contributed by atoms with E-state index in [-0.39, 0.29) is 11.8 Å². The van der Waals surface area contributed by atoms with Crippen molar-refractivity contribution in [3.63, 3.8) is 0 Å². The summed E-state index contributed by atoms with van der Waals surface area (Å²) < 4.78 is 5.28.